The van der Waals surface area contributed by atoms with Crippen molar-refractivity contribution in [2.75, 3.05) is 6.54 Å². The molecule has 0 radical (unpaired) electrons. The largest absolute Gasteiger partial charge is 0.312 e. The van der Waals surface area contributed by atoms with Gasteiger partial charge in [0.05, 0.1) is 6.20 Å². The van der Waals surface area contributed by atoms with Crippen LogP contribution in [0.2, 0.25) is 0 Å². The van der Waals surface area contributed by atoms with Gasteiger partial charge in [0, 0.05) is 31.4 Å². The normalized spacial score (nSPS) is 12.0. The Morgan fingerprint density at radius 1 is 1.43 bits per heavy atom. The second-order valence-corrected chi connectivity index (χ2v) is 4.87. The molecule has 0 aliphatic carbocycles. The molecule has 0 fully saturated rings. The quantitative estimate of drug-likeness (QED) is 0.796. The fraction of sp³-hybridized carbons (Fsp3) is 0.727. The van der Waals surface area contributed by atoms with E-state index in [0.29, 0.717) is 5.41 Å². The van der Waals surface area contributed by atoms with E-state index in [2.05, 4.69) is 44.3 Å². The van der Waals surface area contributed by atoms with E-state index < -0.39 is 0 Å². The second-order valence-electron chi connectivity index (χ2n) is 4.87. The molecule has 1 heterocycles. The highest BCUT2D eigenvalue weighted by Crippen LogP contribution is 2.10. The van der Waals surface area contributed by atoms with Crippen molar-refractivity contribution in [3.63, 3.8) is 0 Å². The zero-order valence-corrected chi connectivity index (χ0v) is 9.67. The third-order valence-electron chi connectivity index (χ3n) is 2.00. The Morgan fingerprint density at radius 2 is 2.14 bits per heavy atom. The van der Waals surface area contributed by atoms with E-state index in [1.54, 1.807) is 0 Å². The zero-order valence-electron chi connectivity index (χ0n) is 9.67. The molecule has 14 heavy (non-hydrogen) atoms. The van der Waals surface area contributed by atoms with Crippen molar-refractivity contribution in [2.24, 2.45) is 5.41 Å². The maximum absolute atomic E-state index is 4.23. The van der Waals surface area contributed by atoms with Crippen LogP contribution in [0, 0.1) is 5.41 Å². The van der Waals surface area contributed by atoms with Crippen LogP contribution in [0.3, 0.4) is 0 Å². The molecule has 0 aromatic carbocycles. The van der Waals surface area contributed by atoms with Gasteiger partial charge in [0.15, 0.2) is 0 Å². The van der Waals surface area contributed by atoms with Crippen LogP contribution in [-0.4, -0.2) is 16.3 Å². The lowest BCUT2D eigenvalue weighted by atomic mass is 9.97. The summed E-state index contributed by atoms with van der Waals surface area (Å²) in [7, 11) is 0. The van der Waals surface area contributed by atoms with Crippen LogP contribution < -0.4 is 5.32 Å². The minimum Gasteiger partial charge on any atom is -0.312 e. The molecule has 0 saturated carbocycles. The molecule has 0 unspecified atom stereocenters. The van der Waals surface area contributed by atoms with Gasteiger partial charge in [-0.3, -0.25) is 4.68 Å². The van der Waals surface area contributed by atoms with Crippen molar-refractivity contribution in [3.8, 4) is 0 Å². The van der Waals surface area contributed by atoms with Gasteiger partial charge in [-0.25, -0.2) is 0 Å². The summed E-state index contributed by atoms with van der Waals surface area (Å²) in [5, 5.41) is 7.65. The number of aromatic nitrogens is 2. The summed E-state index contributed by atoms with van der Waals surface area (Å²) in [6.45, 7) is 11.7. The smallest absolute Gasteiger partial charge is 0.0534 e. The maximum atomic E-state index is 4.23. The Morgan fingerprint density at radius 3 is 2.64 bits per heavy atom. The van der Waals surface area contributed by atoms with Crippen molar-refractivity contribution in [1.29, 1.82) is 0 Å². The maximum Gasteiger partial charge on any atom is 0.0534 e. The van der Waals surface area contributed by atoms with E-state index in [1.807, 2.05) is 10.9 Å². The van der Waals surface area contributed by atoms with Gasteiger partial charge < -0.3 is 5.32 Å². The van der Waals surface area contributed by atoms with Crippen molar-refractivity contribution >= 4 is 0 Å². The molecule has 0 spiro atoms. The predicted octanol–water partition coefficient (Wildman–Crippen LogP) is 2.04. The van der Waals surface area contributed by atoms with E-state index in [1.165, 1.54) is 5.56 Å². The van der Waals surface area contributed by atoms with Crippen LogP contribution in [0.5, 0.6) is 0 Å². The lowest BCUT2D eigenvalue weighted by molar-refractivity contribution is 0.379. The molecular weight excluding hydrogens is 174 g/mol. The van der Waals surface area contributed by atoms with Crippen LogP contribution in [-0.2, 0) is 13.1 Å². The first-order chi connectivity index (χ1) is 6.51. The van der Waals surface area contributed by atoms with Gasteiger partial charge in [-0.1, -0.05) is 20.8 Å². The van der Waals surface area contributed by atoms with Gasteiger partial charge in [-0.05, 0) is 12.3 Å². The third kappa shape index (κ3) is 3.92. The van der Waals surface area contributed by atoms with Gasteiger partial charge in [0.1, 0.15) is 0 Å². The Hall–Kier alpha value is -0.830. The summed E-state index contributed by atoms with van der Waals surface area (Å²) < 4.78 is 1.95. The molecule has 1 N–H and O–H groups in total. The number of nitrogens with zero attached hydrogens (tertiary/aromatic N) is 2. The van der Waals surface area contributed by atoms with Crippen LogP contribution in [0.25, 0.3) is 0 Å². The molecule has 0 amide bonds. The summed E-state index contributed by atoms with van der Waals surface area (Å²) in [5.41, 5.74) is 1.61. The molecule has 80 valence electrons. The number of rotatable bonds is 4. The predicted molar refractivity (Wildman–Crippen MR) is 59.1 cm³/mol. The molecule has 1 aromatic rings. The van der Waals surface area contributed by atoms with Crippen LogP contribution in [0.15, 0.2) is 12.4 Å². The Balaban J connectivity index is 2.31. The first kappa shape index (κ1) is 11.2. The first-order valence-corrected chi connectivity index (χ1v) is 5.23. The summed E-state index contributed by atoms with van der Waals surface area (Å²) in [6.07, 6.45) is 4.02. The number of aryl methyl sites for hydroxylation is 1. The van der Waals surface area contributed by atoms with E-state index >= 15 is 0 Å². The second kappa shape index (κ2) is 4.60. The SMILES string of the molecule is CCn1cc(CNCC(C)(C)C)cn1. The van der Waals surface area contributed by atoms with E-state index in [0.717, 1.165) is 19.6 Å². The molecule has 0 atom stereocenters. The van der Waals surface area contributed by atoms with Gasteiger partial charge >= 0.3 is 0 Å². The van der Waals surface area contributed by atoms with Gasteiger partial charge in [0.25, 0.3) is 0 Å². The highest BCUT2D eigenvalue weighted by molar-refractivity contribution is 5.03. The van der Waals surface area contributed by atoms with Crippen molar-refractivity contribution in [1.82, 2.24) is 15.1 Å². The average molecular weight is 195 g/mol. The fourth-order valence-electron chi connectivity index (χ4n) is 1.25. The Bertz CT molecular complexity index is 270. The highest BCUT2D eigenvalue weighted by Gasteiger charge is 2.08. The molecule has 0 aliphatic heterocycles. The standard InChI is InChI=1S/C11H21N3/c1-5-14-8-10(7-13-14)6-12-9-11(2,3)4/h7-8,12H,5-6,9H2,1-4H3. The minimum absolute atomic E-state index is 0.348. The molecule has 0 bridgehead atoms. The lowest BCUT2D eigenvalue weighted by Gasteiger charge is -2.18. The topological polar surface area (TPSA) is 29.9 Å². The van der Waals surface area contributed by atoms with E-state index in [4.69, 9.17) is 0 Å². The minimum atomic E-state index is 0.348. The fourth-order valence-corrected chi connectivity index (χ4v) is 1.25. The molecule has 0 aliphatic rings. The zero-order chi connectivity index (χ0) is 10.6. The van der Waals surface area contributed by atoms with Crippen LogP contribution >= 0.6 is 0 Å². The highest BCUT2D eigenvalue weighted by atomic mass is 15.3. The molecule has 1 aromatic heterocycles. The Labute approximate surface area is 86.5 Å². The number of hydrogen-bond acceptors (Lipinski definition) is 2. The van der Waals surface area contributed by atoms with Crippen LogP contribution in [0.4, 0.5) is 0 Å². The monoisotopic (exact) mass is 195 g/mol. The molecular formula is C11H21N3. The summed E-state index contributed by atoms with van der Waals surface area (Å²) >= 11 is 0. The first-order valence-electron chi connectivity index (χ1n) is 5.23. The lowest BCUT2D eigenvalue weighted by Crippen LogP contribution is -2.26. The van der Waals surface area contributed by atoms with Gasteiger partial charge in [-0.2, -0.15) is 5.10 Å². The van der Waals surface area contributed by atoms with E-state index in [9.17, 15) is 0 Å². The summed E-state index contributed by atoms with van der Waals surface area (Å²) in [6, 6.07) is 0. The Kier molecular flexibility index (Phi) is 3.69. The van der Waals surface area contributed by atoms with Crippen molar-refractivity contribution in [3.05, 3.63) is 18.0 Å². The van der Waals surface area contributed by atoms with Gasteiger partial charge in [-0.15, -0.1) is 0 Å². The van der Waals surface area contributed by atoms with E-state index in [-0.39, 0.29) is 0 Å². The van der Waals surface area contributed by atoms with Crippen LogP contribution in [0.1, 0.15) is 33.3 Å². The molecule has 3 heteroatoms. The molecule has 3 nitrogen and oxygen atoms in total. The van der Waals surface area contributed by atoms with Crippen molar-refractivity contribution < 1.29 is 0 Å². The molecule has 0 saturated heterocycles. The average Bonchev–Trinajstić information content (AvgIpc) is 2.50. The summed E-state index contributed by atoms with van der Waals surface area (Å²) in [5.74, 6) is 0. The van der Waals surface area contributed by atoms with Crippen molar-refractivity contribution in [2.45, 2.75) is 40.8 Å². The van der Waals surface area contributed by atoms with Gasteiger partial charge in [0.2, 0.25) is 0 Å². The summed E-state index contributed by atoms with van der Waals surface area (Å²) in [4.78, 5) is 0. The number of nitrogens with one attached hydrogen (secondary N) is 1. The number of hydrogen-bond donors (Lipinski definition) is 1. The third-order valence-corrected chi connectivity index (χ3v) is 2.00. The molecule has 1 rings (SSSR count).